The molecule has 1 aromatic heterocycles. The van der Waals surface area contributed by atoms with Crippen LogP contribution >= 0.6 is 0 Å². The molecular weight excluding hydrogens is 216 g/mol. The molecule has 0 spiro atoms. The summed E-state index contributed by atoms with van der Waals surface area (Å²) in [5.41, 5.74) is 0.834. The lowest BCUT2D eigenvalue weighted by Crippen LogP contribution is -2.22. The topological polar surface area (TPSA) is 98.0 Å². The van der Waals surface area contributed by atoms with Crippen molar-refractivity contribution in [1.82, 2.24) is 9.97 Å². The van der Waals surface area contributed by atoms with E-state index in [1.165, 1.54) is 0 Å². The Hall–Kier alpha value is -1.21. The molecule has 0 aromatic carbocycles. The minimum Gasteiger partial charge on any atom is -0.369 e. The molecule has 7 heteroatoms. The molecule has 1 heterocycles. The first-order valence-electron chi connectivity index (χ1n) is 4.43. The number of aryl methyl sites for hydroxylation is 2. The van der Waals surface area contributed by atoms with E-state index in [9.17, 15) is 8.42 Å². The van der Waals surface area contributed by atoms with E-state index < -0.39 is 10.0 Å². The number of nitrogens with two attached hydrogens (primary N) is 1. The highest BCUT2D eigenvalue weighted by atomic mass is 32.2. The van der Waals surface area contributed by atoms with Crippen molar-refractivity contribution in [3.63, 3.8) is 0 Å². The van der Waals surface area contributed by atoms with Crippen LogP contribution in [-0.2, 0) is 10.0 Å². The molecule has 0 atom stereocenters. The Balaban J connectivity index is 2.58. The van der Waals surface area contributed by atoms with Gasteiger partial charge in [0.15, 0.2) is 0 Å². The summed E-state index contributed by atoms with van der Waals surface area (Å²) in [6, 6.07) is 1.75. The van der Waals surface area contributed by atoms with E-state index >= 15 is 0 Å². The van der Waals surface area contributed by atoms with E-state index in [2.05, 4.69) is 15.3 Å². The zero-order valence-electron chi connectivity index (χ0n) is 8.69. The van der Waals surface area contributed by atoms with Crippen LogP contribution in [-0.4, -0.2) is 30.7 Å². The van der Waals surface area contributed by atoms with Gasteiger partial charge in [-0.2, -0.15) is 0 Å². The Morgan fingerprint density at radius 1 is 1.40 bits per heavy atom. The van der Waals surface area contributed by atoms with Gasteiger partial charge in [0.1, 0.15) is 11.6 Å². The lowest BCUT2D eigenvalue weighted by Gasteiger charge is -2.05. The largest absolute Gasteiger partial charge is 0.369 e. The summed E-state index contributed by atoms with van der Waals surface area (Å²) in [6.45, 7) is 3.87. The normalized spacial score (nSPS) is 11.4. The third-order valence-electron chi connectivity index (χ3n) is 1.66. The van der Waals surface area contributed by atoms with E-state index in [0.717, 1.165) is 5.69 Å². The molecule has 15 heavy (non-hydrogen) atoms. The zero-order chi connectivity index (χ0) is 11.5. The fourth-order valence-electron chi connectivity index (χ4n) is 1.13. The Morgan fingerprint density at radius 3 is 2.60 bits per heavy atom. The van der Waals surface area contributed by atoms with Gasteiger partial charge in [-0.05, 0) is 13.8 Å². The number of primary sulfonamides is 1. The molecule has 1 rings (SSSR count). The van der Waals surface area contributed by atoms with E-state index in [1.807, 2.05) is 6.92 Å². The van der Waals surface area contributed by atoms with Gasteiger partial charge in [0.25, 0.3) is 0 Å². The average Bonchev–Trinajstić information content (AvgIpc) is 1.99. The third kappa shape index (κ3) is 4.71. The fourth-order valence-corrected chi connectivity index (χ4v) is 1.52. The molecule has 0 aliphatic rings. The van der Waals surface area contributed by atoms with Crippen molar-refractivity contribution in [3.8, 4) is 0 Å². The number of hydrogen-bond acceptors (Lipinski definition) is 5. The van der Waals surface area contributed by atoms with Crippen LogP contribution in [0.3, 0.4) is 0 Å². The zero-order valence-corrected chi connectivity index (χ0v) is 9.50. The monoisotopic (exact) mass is 230 g/mol. The van der Waals surface area contributed by atoms with Crippen molar-refractivity contribution < 1.29 is 8.42 Å². The predicted octanol–water partition coefficient (Wildman–Crippen LogP) is -0.206. The smallest absolute Gasteiger partial charge is 0.210 e. The van der Waals surface area contributed by atoms with Gasteiger partial charge in [-0.25, -0.2) is 23.5 Å². The molecule has 0 amide bonds. The van der Waals surface area contributed by atoms with E-state index in [-0.39, 0.29) is 12.3 Å². The standard InChI is InChI=1S/C8H14N4O2S/c1-6-5-8(12-7(2)11-6)10-3-4-15(9,13)14/h5H,3-4H2,1-2H3,(H2,9,13,14)(H,10,11,12). The van der Waals surface area contributed by atoms with Crippen molar-refractivity contribution in [2.45, 2.75) is 13.8 Å². The lowest BCUT2D eigenvalue weighted by molar-refractivity contribution is 0.598. The van der Waals surface area contributed by atoms with Crippen molar-refractivity contribution in [2.24, 2.45) is 5.14 Å². The van der Waals surface area contributed by atoms with Gasteiger partial charge in [0.05, 0.1) is 5.75 Å². The number of anilines is 1. The van der Waals surface area contributed by atoms with Crippen molar-refractivity contribution in [3.05, 3.63) is 17.6 Å². The number of hydrogen-bond donors (Lipinski definition) is 2. The van der Waals surface area contributed by atoms with Gasteiger partial charge in [-0.3, -0.25) is 0 Å². The second-order valence-corrected chi connectivity index (χ2v) is 4.97. The SMILES string of the molecule is Cc1cc(NCCS(N)(=O)=O)nc(C)n1. The molecule has 84 valence electrons. The molecule has 6 nitrogen and oxygen atoms in total. The lowest BCUT2D eigenvalue weighted by atomic mass is 10.4. The Labute approximate surface area is 89.0 Å². The fraction of sp³-hybridized carbons (Fsp3) is 0.500. The van der Waals surface area contributed by atoms with Crippen LogP contribution in [0.4, 0.5) is 5.82 Å². The molecule has 0 aliphatic carbocycles. The first-order chi connectivity index (χ1) is 6.87. The highest BCUT2D eigenvalue weighted by Gasteiger charge is 2.03. The highest BCUT2D eigenvalue weighted by Crippen LogP contribution is 2.04. The number of nitrogens with zero attached hydrogens (tertiary/aromatic N) is 2. The van der Waals surface area contributed by atoms with Crippen molar-refractivity contribution >= 4 is 15.8 Å². The number of aromatic nitrogens is 2. The second kappa shape index (κ2) is 4.54. The molecule has 0 aliphatic heterocycles. The van der Waals surface area contributed by atoms with E-state index in [0.29, 0.717) is 11.6 Å². The summed E-state index contributed by atoms with van der Waals surface area (Å²) >= 11 is 0. The summed E-state index contributed by atoms with van der Waals surface area (Å²) in [7, 11) is -3.42. The summed E-state index contributed by atoms with van der Waals surface area (Å²) in [5, 5.41) is 7.73. The molecular formula is C8H14N4O2S. The Morgan fingerprint density at radius 2 is 2.07 bits per heavy atom. The molecule has 0 unspecified atom stereocenters. The molecule has 0 radical (unpaired) electrons. The van der Waals surface area contributed by atoms with Gasteiger partial charge >= 0.3 is 0 Å². The summed E-state index contributed by atoms with van der Waals surface area (Å²) in [4.78, 5) is 8.19. The van der Waals surface area contributed by atoms with Crippen molar-refractivity contribution in [1.29, 1.82) is 0 Å². The molecule has 1 aromatic rings. The van der Waals surface area contributed by atoms with Gasteiger partial charge < -0.3 is 5.32 Å². The predicted molar refractivity (Wildman–Crippen MR) is 58.0 cm³/mol. The number of rotatable bonds is 4. The van der Waals surface area contributed by atoms with Crippen LogP contribution < -0.4 is 10.5 Å². The maximum atomic E-state index is 10.7. The van der Waals surface area contributed by atoms with Crippen LogP contribution in [0.2, 0.25) is 0 Å². The number of nitrogens with one attached hydrogen (secondary N) is 1. The minimum absolute atomic E-state index is 0.116. The van der Waals surface area contributed by atoms with Gasteiger partial charge in [0, 0.05) is 18.3 Å². The molecule has 3 N–H and O–H groups in total. The van der Waals surface area contributed by atoms with Crippen LogP contribution in [0.25, 0.3) is 0 Å². The maximum absolute atomic E-state index is 10.7. The van der Waals surface area contributed by atoms with Crippen molar-refractivity contribution in [2.75, 3.05) is 17.6 Å². The van der Waals surface area contributed by atoms with E-state index in [4.69, 9.17) is 5.14 Å². The molecule has 0 fully saturated rings. The first-order valence-corrected chi connectivity index (χ1v) is 6.15. The average molecular weight is 230 g/mol. The van der Waals surface area contributed by atoms with Crippen LogP contribution in [0.15, 0.2) is 6.07 Å². The minimum atomic E-state index is -3.42. The van der Waals surface area contributed by atoms with Crippen LogP contribution in [0, 0.1) is 13.8 Å². The molecule has 0 saturated carbocycles. The quantitative estimate of drug-likeness (QED) is 0.746. The maximum Gasteiger partial charge on any atom is 0.210 e. The van der Waals surface area contributed by atoms with Gasteiger partial charge in [-0.1, -0.05) is 0 Å². The molecule has 0 bridgehead atoms. The molecule has 0 saturated heterocycles. The number of sulfonamides is 1. The summed E-state index contributed by atoms with van der Waals surface area (Å²) < 4.78 is 21.3. The summed E-state index contributed by atoms with van der Waals surface area (Å²) in [6.07, 6.45) is 0. The van der Waals surface area contributed by atoms with Gasteiger partial charge in [-0.15, -0.1) is 0 Å². The van der Waals surface area contributed by atoms with Gasteiger partial charge in [0.2, 0.25) is 10.0 Å². The second-order valence-electron chi connectivity index (χ2n) is 3.24. The van der Waals surface area contributed by atoms with Crippen LogP contribution in [0.5, 0.6) is 0 Å². The third-order valence-corrected chi connectivity index (χ3v) is 2.43. The Bertz CT molecular complexity index is 424. The van der Waals surface area contributed by atoms with E-state index in [1.54, 1.807) is 13.0 Å². The highest BCUT2D eigenvalue weighted by molar-refractivity contribution is 7.89. The Kier molecular flexibility index (Phi) is 3.59. The van der Waals surface area contributed by atoms with Crippen LogP contribution in [0.1, 0.15) is 11.5 Å². The first kappa shape index (κ1) is 11.9. The summed E-state index contributed by atoms with van der Waals surface area (Å²) in [5.74, 6) is 1.14.